The van der Waals surface area contributed by atoms with Gasteiger partial charge in [0, 0.05) is 56.7 Å². The second-order valence-electron chi connectivity index (χ2n) is 9.14. The summed E-state index contributed by atoms with van der Waals surface area (Å²) in [5, 5.41) is 2.70. The third-order valence-corrected chi connectivity index (χ3v) is 6.79. The van der Waals surface area contributed by atoms with Gasteiger partial charge in [-0.15, -0.1) is 0 Å². The van der Waals surface area contributed by atoms with Crippen LogP contribution >= 0.6 is 11.6 Å². The number of piperidine rings is 1. The predicted octanol–water partition coefficient (Wildman–Crippen LogP) is 4.22. The second-order valence-corrected chi connectivity index (χ2v) is 9.54. The van der Waals surface area contributed by atoms with Crippen LogP contribution < -0.4 is 15.1 Å². The Morgan fingerprint density at radius 2 is 2.09 bits per heavy atom. The molecule has 2 aliphatic rings. The Labute approximate surface area is 213 Å². The number of rotatable bonds is 6. The summed E-state index contributed by atoms with van der Waals surface area (Å²) >= 11 is 6.46. The van der Waals surface area contributed by atoms with Crippen molar-refractivity contribution in [1.82, 2.24) is 15.3 Å². The molecule has 0 aliphatic carbocycles. The van der Waals surface area contributed by atoms with Crippen molar-refractivity contribution in [2.75, 3.05) is 43.5 Å². The summed E-state index contributed by atoms with van der Waals surface area (Å²) in [4.78, 5) is 24.8. The number of carbonyl (C=O) groups is 1. The molecule has 4 rings (SSSR count). The number of carbonyl (C=O) groups excluding carboxylic acids is 1. The number of amides is 1. The molecule has 186 valence electrons. The lowest BCUT2D eigenvalue weighted by molar-refractivity contribution is -0.123. The van der Waals surface area contributed by atoms with Gasteiger partial charge in [0.15, 0.2) is 6.56 Å². The number of hydrogen-bond acceptors (Lipinski definition) is 6. The quantitative estimate of drug-likeness (QED) is 0.639. The maximum atomic E-state index is 14.3. The van der Waals surface area contributed by atoms with Gasteiger partial charge in [0.05, 0.1) is 25.4 Å². The van der Waals surface area contributed by atoms with Gasteiger partial charge in [0.25, 0.3) is 5.91 Å². The number of ether oxygens (including phenoxy) is 1. The van der Waals surface area contributed by atoms with Crippen molar-refractivity contribution in [1.29, 1.82) is 0 Å². The lowest BCUT2D eigenvalue weighted by Crippen LogP contribution is -2.46. The average molecular weight is 502 g/mol. The van der Waals surface area contributed by atoms with Crippen LogP contribution in [0, 0.1) is 11.8 Å². The Morgan fingerprint density at radius 3 is 2.77 bits per heavy atom. The van der Waals surface area contributed by atoms with Crippen molar-refractivity contribution in [2.24, 2.45) is 11.8 Å². The highest BCUT2D eigenvalue weighted by atomic mass is 35.5. The van der Waals surface area contributed by atoms with Gasteiger partial charge in [-0.3, -0.25) is 4.79 Å². The molecule has 0 radical (unpaired) electrons. The van der Waals surface area contributed by atoms with E-state index in [0.717, 1.165) is 16.8 Å². The van der Waals surface area contributed by atoms with E-state index >= 15 is 0 Å². The molecule has 2 aromatic rings. The van der Waals surface area contributed by atoms with E-state index in [-0.39, 0.29) is 17.6 Å². The van der Waals surface area contributed by atoms with Gasteiger partial charge in [-0.05, 0) is 23.8 Å². The molecule has 1 saturated heterocycles. The lowest BCUT2D eigenvalue weighted by Gasteiger charge is -2.37. The minimum Gasteiger partial charge on any atom is -0.482 e. The lowest BCUT2D eigenvalue weighted by atomic mass is 9.90. The van der Waals surface area contributed by atoms with Crippen molar-refractivity contribution in [2.45, 2.75) is 26.4 Å². The van der Waals surface area contributed by atoms with Gasteiger partial charge in [-0.1, -0.05) is 38.1 Å². The molecule has 1 amide bonds. The molecule has 1 N–H and O–H groups in total. The summed E-state index contributed by atoms with van der Waals surface area (Å²) < 4.78 is 35.6. The van der Waals surface area contributed by atoms with Gasteiger partial charge in [-0.2, -0.15) is 0 Å². The van der Waals surface area contributed by atoms with Crippen LogP contribution in [0.5, 0.6) is 0 Å². The fourth-order valence-corrected chi connectivity index (χ4v) is 4.63. The van der Waals surface area contributed by atoms with Gasteiger partial charge in [0.1, 0.15) is 11.9 Å². The fraction of sp³-hybridized carbons (Fsp3) is 0.423. The third-order valence-electron chi connectivity index (χ3n) is 6.47. The van der Waals surface area contributed by atoms with Crippen molar-refractivity contribution in [3.63, 3.8) is 0 Å². The molecule has 7 nitrogen and oxygen atoms in total. The molecule has 3 heterocycles. The molecule has 9 heteroatoms. The minimum atomic E-state index is -2.56. The fourth-order valence-electron chi connectivity index (χ4n) is 4.47. The molecular weight excluding hydrogens is 469 g/mol. The van der Waals surface area contributed by atoms with Crippen LogP contribution in [-0.4, -0.2) is 55.8 Å². The Balaban J connectivity index is 1.60. The van der Waals surface area contributed by atoms with E-state index in [1.165, 1.54) is 7.05 Å². The first-order valence-corrected chi connectivity index (χ1v) is 11.9. The summed E-state index contributed by atoms with van der Waals surface area (Å²) in [5.41, 5.74) is 3.62. The van der Waals surface area contributed by atoms with Gasteiger partial charge in [0.2, 0.25) is 5.95 Å². The van der Waals surface area contributed by atoms with Crippen molar-refractivity contribution < 1.29 is 16.7 Å². The van der Waals surface area contributed by atoms with E-state index in [1.807, 2.05) is 36.9 Å². The van der Waals surface area contributed by atoms with Gasteiger partial charge in [-0.25, -0.2) is 14.4 Å². The van der Waals surface area contributed by atoms with E-state index in [0.29, 0.717) is 41.9 Å². The number of alkyl halides is 1. The second kappa shape index (κ2) is 10.2. The number of hydrogen-bond donors (Lipinski definition) is 1. The number of nitrogens with one attached hydrogen (secondary N) is 1. The number of fused-ring (bicyclic) bond motifs is 1. The molecule has 0 spiro atoms. The number of nitrogens with zero attached hydrogens (tertiary/aromatic N) is 4. The predicted molar refractivity (Wildman–Crippen MR) is 137 cm³/mol. The highest BCUT2D eigenvalue weighted by Gasteiger charge is 2.33. The monoisotopic (exact) mass is 501 g/mol. The zero-order valence-electron chi connectivity index (χ0n) is 22.3. The topological polar surface area (TPSA) is 70.6 Å². The number of likely N-dealkylation sites (N-methyl/N-ethyl adjacent to an activating group) is 2. The van der Waals surface area contributed by atoms with Crippen LogP contribution in [-0.2, 0) is 16.0 Å². The average Bonchev–Trinajstić information content (AvgIpc) is 2.85. The highest BCUT2D eigenvalue weighted by Crippen LogP contribution is 2.35. The smallest absolute Gasteiger partial charge is 0.257 e. The molecule has 1 fully saturated rings. The number of benzene rings is 1. The molecule has 0 bridgehead atoms. The van der Waals surface area contributed by atoms with Crippen LogP contribution in [0.15, 0.2) is 42.4 Å². The minimum absolute atomic E-state index is 0.114. The van der Waals surface area contributed by atoms with Crippen LogP contribution in [0.3, 0.4) is 0 Å². The van der Waals surface area contributed by atoms with Crippen LogP contribution in [0.4, 0.5) is 16.0 Å². The molecule has 3 atom stereocenters. The van der Waals surface area contributed by atoms with Crippen molar-refractivity contribution in [3.8, 4) is 0 Å². The van der Waals surface area contributed by atoms with Gasteiger partial charge >= 0.3 is 0 Å². The Kier molecular flexibility index (Phi) is 6.53. The normalized spacial score (nSPS) is 23.2. The summed E-state index contributed by atoms with van der Waals surface area (Å²) in [6.45, 7) is 6.30. The summed E-state index contributed by atoms with van der Waals surface area (Å²) in [6, 6.07) is 5.83. The van der Waals surface area contributed by atoms with Crippen molar-refractivity contribution in [3.05, 3.63) is 64.3 Å². The van der Waals surface area contributed by atoms with E-state index in [1.54, 1.807) is 24.2 Å². The SMILES string of the molecule is [2H]C([2H])(OC1=Cc2cc(Cc3nc(N4C[C@@H](C)C(F)[C@@H](C)C4)ncc3Cl)ccc2N(C)C1=C)C(=O)NC. The van der Waals surface area contributed by atoms with Crippen LogP contribution in [0.25, 0.3) is 6.08 Å². The van der Waals surface area contributed by atoms with E-state index in [9.17, 15) is 9.18 Å². The number of aromatic nitrogens is 2. The maximum absolute atomic E-state index is 14.3. The third kappa shape index (κ3) is 5.27. The Hall–Kier alpha value is -3.13. The van der Waals surface area contributed by atoms with Gasteiger partial charge < -0.3 is 19.9 Å². The molecule has 2 aliphatic heterocycles. The molecule has 1 aromatic carbocycles. The molecule has 0 saturated carbocycles. The highest BCUT2D eigenvalue weighted by molar-refractivity contribution is 6.31. The zero-order chi connectivity index (χ0) is 27.1. The van der Waals surface area contributed by atoms with Crippen LogP contribution in [0.1, 0.15) is 33.4 Å². The Morgan fingerprint density at radius 1 is 1.37 bits per heavy atom. The summed E-state index contributed by atoms with van der Waals surface area (Å²) in [5.74, 6) is -0.431. The first kappa shape index (κ1) is 22.3. The summed E-state index contributed by atoms with van der Waals surface area (Å²) in [7, 11) is 3.14. The largest absolute Gasteiger partial charge is 0.482 e. The molecule has 35 heavy (non-hydrogen) atoms. The first-order valence-electron chi connectivity index (χ1n) is 12.5. The molecule has 1 aromatic heterocycles. The van der Waals surface area contributed by atoms with E-state index < -0.39 is 18.6 Å². The van der Waals surface area contributed by atoms with E-state index in [4.69, 9.17) is 24.1 Å². The Bertz CT molecular complexity index is 1250. The number of anilines is 2. The summed E-state index contributed by atoms with van der Waals surface area (Å²) in [6.07, 6.45) is 2.83. The molecular formula is C26H31ClFN5O2. The first-order chi connectivity index (χ1) is 17.4. The molecule has 1 unspecified atom stereocenters. The maximum Gasteiger partial charge on any atom is 0.257 e. The van der Waals surface area contributed by atoms with Crippen molar-refractivity contribution >= 4 is 35.2 Å². The standard InChI is InChI=1S/C26H31ClFN5O2/c1-15-12-33(13-16(2)25(15)28)26-30-11-20(27)21(31-26)9-18-6-7-22-19(8-18)10-23(17(3)32(22)5)35-14-24(34)29-4/h6-8,10-11,15-16,25H,3,9,12-14H2,1-2,4-5H3,(H,29,34)/t15-,16+,25?/i14D2. The number of halogens is 2. The van der Waals surface area contributed by atoms with Crippen LogP contribution in [0.2, 0.25) is 5.02 Å². The zero-order valence-corrected chi connectivity index (χ0v) is 21.1. The van der Waals surface area contributed by atoms with E-state index in [2.05, 4.69) is 16.9 Å².